The number of nitrogens with one attached hydrogen (secondary N) is 1. The van der Waals surface area contributed by atoms with E-state index in [-0.39, 0.29) is 6.42 Å². The number of carbonyl (C=O) groups is 1. The van der Waals surface area contributed by atoms with Crippen LogP contribution in [0.1, 0.15) is 30.4 Å². The molecule has 0 spiro atoms. The van der Waals surface area contributed by atoms with E-state index in [2.05, 4.69) is 24.3 Å². The summed E-state index contributed by atoms with van der Waals surface area (Å²) in [5.41, 5.74) is 2.88. The van der Waals surface area contributed by atoms with E-state index in [1.165, 1.54) is 11.1 Å². The molecule has 0 aliphatic carbocycles. The first-order valence-electron chi connectivity index (χ1n) is 5.86. The van der Waals surface area contributed by atoms with Crippen LogP contribution in [0, 0.1) is 0 Å². The van der Waals surface area contributed by atoms with Crippen molar-refractivity contribution in [1.29, 1.82) is 0 Å². The largest absolute Gasteiger partial charge is 0.550 e. The van der Waals surface area contributed by atoms with E-state index in [4.69, 9.17) is 0 Å². The molecule has 0 amide bonds. The Morgan fingerprint density at radius 2 is 1.81 bits per heavy atom. The van der Waals surface area contributed by atoms with Gasteiger partial charge in [0.2, 0.25) is 0 Å². The Bertz CT molecular complexity index is 351. The molecule has 1 aliphatic heterocycles. The van der Waals surface area contributed by atoms with Crippen molar-refractivity contribution in [3.05, 3.63) is 35.4 Å². The molecular formula is C13H17NO2. The molecule has 1 N–H and O–H groups in total. The van der Waals surface area contributed by atoms with Gasteiger partial charge in [-0.05, 0) is 19.3 Å². The van der Waals surface area contributed by atoms with Gasteiger partial charge < -0.3 is 14.8 Å². The average molecular weight is 219 g/mol. The molecule has 0 aromatic heterocycles. The Hall–Kier alpha value is -1.35. The maximum absolute atomic E-state index is 10.3. The third kappa shape index (κ3) is 2.83. The first-order valence-corrected chi connectivity index (χ1v) is 5.86. The molecule has 1 aliphatic rings. The highest BCUT2D eigenvalue weighted by Crippen LogP contribution is 2.10. The second-order valence-corrected chi connectivity index (χ2v) is 4.45. The van der Waals surface area contributed by atoms with Crippen LogP contribution in [-0.2, 0) is 17.9 Å². The lowest BCUT2D eigenvalue weighted by molar-refractivity contribution is -0.920. The molecule has 1 heterocycles. The van der Waals surface area contributed by atoms with Crippen LogP contribution in [-0.4, -0.2) is 12.5 Å². The minimum atomic E-state index is -0.931. The summed E-state index contributed by atoms with van der Waals surface area (Å²) in [5.74, 6) is -0.931. The minimum absolute atomic E-state index is 0.195. The van der Waals surface area contributed by atoms with Crippen LogP contribution in [0.3, 0.4) is 0 Å². The van der Waals surface area contributed by atoms with Crippen molar-refractivity contribution < 1.29 is 14.8 Å². The third-order valence-electron chi connectivity index (χ3n) is 3.16. The zero-order valence-corrected chi connectivity index (χ0v) is 9.37. The summed E-state index contributed by atoms with van der Waals surface area (Å²) in [7, 11) is 0. The van der Waals surface area contributed by atoms with E-state index in [0.717, 1.165) is 32.5 Å². The van der Waals surface area contributed by atoms with Crippen LogP contribution in [0.25, 0.3) is 0 Å². The predicted octanol–water partition coefficient (Wildman–Crippen LogP) is -0.495. The lowest BCUT2D eigenvalue weighted by Gasteiger charge is -2.11. The fourth-order valence-electron chi connectivity index (χ4n) is 2.32. The van der Waals surface area contributed by atoms with Crippen molar-refractivity contribution in [2.45, 2.75) is 32.4 Å². The zero-order chi connectivity index (χ0) is 11.4. The van der Waals surface area contributed by atoms with Crippen molar-refractivity contribution in [3.8, 4) is 0 Å². The molecular weight excluding hydrogens is 202 g/mol. The molecule has 0 atom stereocenters. The number of aliphatic carboxylic acids is 1. The van der Waals surface area contributed by atoms with Gasteiger partial charge in [-0.3, -0.25) is 0 Å². The van der Waals surface area contributed by atoms with Crippen molar-refractivity contribution >= 4 is 5.97 Å². The van der Waals surface area contributed by atoms with Crippen molar-refractivity contribution in [1.82, 2.24) is 0 Å². The summed E-state index contributed by atoms with van der Waals surface area (Å²) < 4.78 is 0. The van der Waals surface area contributed by atoms with Gasteiger partial charge in [-0.25, -0.2) is 0 Å². The van der Waals surface area contributed by atoms with Crippen molar-refractivity contribution in [2.24, 2.45) is 0 Å². The highest BCUT2D eigenvalue weighted by molar-refractivity contribution is 5.64. The van der Waals surface area contributed by atoms with E-state index in [0.29, 0.717) is 0 Å². The van der Waals surface area contributed by atoms with Gasteiger partial charge in [0.05, 0.1) is 6.54 Å². The number of unbranched alkanes of at least 4 members (excludes halogenated alkanes) is 1. The minimum Gasteiger partial charge on any atom is -0.550 e. The highest BCUT2D eigenvalue weighted by atomic mass is 16.4. The summed E-state index contributed by atoms with van der Waals surface area (Å²) in [5, 5.41) is 10.3. The second kappa shape index (κ2) is 5.12. The van der Waals surface area contributed by atoms with Gasteiger partial charge in [0.25, 0.3) is 0 Å². The average Bonchev–Trinajstić information content (AvgIpc) is 2.66. The first-order chi connectivity index (χ1) is 7.75. The third-order valence-corrected chi connectivity index (χ3v) is 3.16. The second-order valence-electron chi connectivity index (χ2n) is 4.45. The maximum atomic E-state index is 10.3. The van der Waals surface area contributed by atoms with E-state index in [1.807, 2.05) is 0 Å². The molecule has 0 radical (unpaired) electrons. The summed E-state index contributed by atoms with van der Waals surface area (Å²) >= 11 is 0. The van der Waals surface area contributed by atoms with Crippen LogP contribution in [0.15, 0.2) is 24.3 Å². The number of carbonyl (C=O) groups excluding carboxylic acids is 1. The van der Waals surface area contributed by atoms with Crippen LogP contribution in [0.5, 0.6) is 0 Å². The number of carboxylic acid groups (broad SMARTS) is 1. The summed E-state index contributed by atoms with van der Waals surface area (Å²) in [6, 6.07) is 8.53. The molecule has 86 valence electrons. The fraction of sp³-hybridized carbons (Fsp3) is 0.462. The molecule has 0 bridgehead atoms. The Morgan fingerprint density at radius 3 is 2.38 bits per heavy atom. The van der Waals surface area contributed by atoms with Crippen LogP contribution in [0.2, 0.25) is 0 Å². The van der Waals surface area contributed by atoms with Gasteiger partial charge in [-0.15, -0.1) is 0 Å². The number of fused-ring (bicyclic) bond motifs is 1. The van der Waals surface area contributed by atoms with Crippen molar-refractivity contribution in [3.63, 3.8) is 0 Å². The smallest absolute Gasteiger partial charge is 0.104 e. The zero-order valence-electron chi connectivity index (χ0n) is 9.37. The molecule has 2 rings (SSSR count). The van der Waals surface area contributed by atoms with E-state index < -0.39 is 5.97 Å². The molecule has 0 saturated heterocycles. The number of quaternary nitrogens is 1. The summed E-state index contributed by atoms with van der Waals surface area (Å²) in [6.07, 6.45) is 1.90. The quantitative estimate of drug-likeness (QED) is 0.679. The standard InChI is InChI=1S/C13H17NO2/c15-13(16)7-3-4-8-14-9-11-5-1-2-6-12(11)10-14/h1-2,5-6H,3-4,7-10H2,(H,15,16). The molecule has 3 nitrogen and oxygen atoms in total. The molecule has 0 unspecified atom stereocenters. The van der Waals surface area contributed by atoms with E-state index in [1.54, 1.807) is 4.90 Å². The molecule has 1 aromatic rings. The Kier molecular flexibility index (Phi) is 3.57. The number of carboxylic acids is 1. The van der Waals surface area contributed by atoms with Gasteiger partial charge in [-0.2, -0.15) is 0 Å². The predicted molar refractivity (Wildman–Crippen MR) is 58.5 cm³/mol. The number of hydrogen-bond donors (Lipinski definition) is 1. The summed E-state index contributed by atoms with van der Waals surface area (Å²) in [6.45, 7) is 3.23. The number of rotatable bonds is 5. The van der Waals surface area contributed by atoms with Gasteiger partial charge in [0, 0.05) is 17.1 Å². The Labute approximate surface area is 95.7 Å². The summed E-state index contributed by atoms with van der Waals surface area (Å²) in [4.78, 5) is 11.8. The van der Waals surface area contributed by atoms with E-state index in [9.17, 15) is 9.90 Å². The lowest BCUT2D eigenvalue weighted by Crippen LogP contribution is -3.07. The van der Waals surface area contributed by atoms with Crippen LogP contribution in [0.4, 0.5) is 0 Å². The topological polar surface area (TPSA) is 44.6 Å². The fourth-order valence-corrected chi connectivity index (χ4v) is 2.32. The van der Waals surface area contributed by atoms with Gasteiger partial charge >= 0.3 is 0 Å². The molecule has 1 aromatic carbocycles. The lowest BCUT2D eigenvalue weighted by atomic mass is 10.1. The van der Waals surface area contributed by atoms with Gasteiger partial charge in [0.1, 0.15) is 13.1 Å². The molecule has 16 heavy (non-hydrogen) atoms. The normalized spacial score (nSPS) is 15.0. The SMILES string of the molecule is O=C([O-])CCCC[NH+]1Cc2ccccc2C1. The van der Waals surface area contributed by atoms with Gasteiger partial charge in [0.15, 0.2) is 0 Å². The highest BCUT2D eigenvalue weighted by Gasteiger charge is 2.20. The first kappa shape index (κ1) is 11.1. The number of benzene rings is 1. The Balaban J connectivity index is 1.73. The van der Waals surface area contributed by atoms with Gasteiger partial charge in [-0.1, -0.05) is 24.3 Å². The molecule has 0 fully saturated rings. The van der Waals surface area contributed by atoms with Crippen LogP contribution < -0.4 is 10.0 Å². The Morgan fingerprint density at radius 1 is 1.19 bits per heavy atom. The number of hydrogen-bond acceptors (Lipinski definition) is 2. The molecule has 3 heteroatoms. The van der Waals surface area contributed by atoms with Crippen LogP contribution >= 0.6 is 0 Å². The van der Waals surface area contributed by atoms with E-state index >= 15 is 0 Å². The monoisotopic (exact) mass is 219 g/mol. The van der Waals surface area contributed by atoms with Crippen molar-refractivity contribution in [2.75, 3.05) is 6.54 Å². The maximum Gasteiger partial charge on any atom is 0.104 e. The molecule has 0 saturated carbocycles.